The zero-order valence-electron chi connectivity index (χ0n) is 15.7. The highest BCUT2D eigenvalue weighted by Gasteiger charge is 2.31. The number of guanidine groups is 1. The number of fused-ring (bicyclic) bond motifs is 1. The van der Waals surface area contributed by atoms with E-state index in [1.54, 1.807) is 6.07 Å². The predicted molar refractivity (Wildman–Crippen MR) is 111 cm³/mol. The van der Waals surface area contributed by atoms with Crippen molar-refractivity contribution in [2.45, 2.75) is 51.4 Å². The van der Waals surface area contributed by atoms with E-state index in [1.807, 2.05) is 6.92 Å². The molecule has 0 saturated heterocycles. The Balaban J connectivity index is 0.00000280. The summed E-state index contributed by atoms with van der Waals surface area (Å²) in [6, 6.07) is 2.98. The summed E-state index contributed by atoms with van der Waals surface area (Å²) in [6.45, 7) is 0.140. The highest BCUT2D eigenvalue weighted by molar-refractivity contribution is 14.0. The summed E-state index contributed by atoms with van der Waals surface area (Å²) >= 11 is 0. The Bertz CT molecular complexity index is 685. The molecule has 158 valence electrons. The summed E-state index contributed by atoms with van der Waals surface area (Å²) in [4.78, 5) is 4.43. The molecular weight excluding hydrogens is 487 g/mol. The molecular formula is C18H26F2IN3O4. The summed E-state index contributed by atoms with van der Waals surface area (Å²) in [6.07, 6.45) is 3.54. The molecule has 0 bridgehead atoms. The molecule has 1 aliphatic heterocycles. The van der Waals surface area contributed by atoms with Crippen molar-refractivity contribution >= 4 is 29.9 Å². The standard InChI is InChI=1S/C18H25F2N3O4.HI/c1-2-21-17(23-10-18(24)5-3-4-6-18)22-9-12-7-14-15(26-11-25-14)8-13(12)27-16(19)20;/h7-8,16,24H,2-6,9-11H2,1H3,(H2,21,22,23);1H. The fraction of sp³-hybridized carbons (Fsp3) is 0.611. The first-order chi connectivity index (χ1) is 13.0. The quantitative estimate of drug-likeness (QED) is 0.296. The molecule has 1 aromatic carbocycles. The Morgan fingerprint density at radius 2 is 1.93 bits per heavy atom. The fourth-order valence-electron chi connectivity index (χ4n) is 3.26. The number of ether oxygens (including phenoxy) is 3. The van der Waals surface area contributed by atoms with Crippen LogP contribution in [-0.2, 0) is 6.54 Å². The molecule has 2 aliphatic rings. The second kappa shape index (κ2) is 10.3. The zero-order valence-corrected chi connectivity index (χ0v) is 18.0. The first-order valence-electron chi connectivity index (χ1n) is 9.11. The molecule has 3 rings (SSSR count). The van der Waals surface area contributed by atoms with Crippen LogP contribution in [0.2, 0.25) is 0 Å². The van der Waals surface area contributed by atoms with Gasteiger partial charge in [-0.3, -0.25) is 0 Å². The number of hydrogen-bond acceptors (Lipinski definition) is 5. The minimum absolute atomic E-state index is 0. The third kappa shape index (κ3) is 5.97. The average Bonchev–Trinajstić information content (AvgIpc) is 3.25. The van der Waals surface area contributed by atoms with E-state index in [0.717, 1.165) is 25.7 Å². The van der Waals surface area contributed by atoms with E-state index in [1.165, 1.54) is 6.07 Å². The van der Waals surface area contributed by atoms with Crippen LogP contribution in [0.1, 0.15) is 38.2 Å². The fourth-order valence-corrected chi connectivity index (χ4v) is 3.26. The van der Waals surface area contributed by atoms with Crippen molar-refractivity contribution in [1.29, 1.82) is 0 Å². The van der Waals surface area contributed by atoms with Gasteiger partial charge in [-0.2, -0.15) is 8.78 Å². The van der Waals surface area contributed by atoms with Gasteiger partial charge in [0.15, 0.2) is 17.5 Å². The summed E-state index contributed by atoms with van der Waals surface area (Å²) in [5.74, 6) is 1.34. The van der Waals surface area contributed by atoms with Gasteiger partial charge in [-0.1, -0.05) is 12.8 Å². The molecule has 1 fully saturated rings. The van der Waals surface area contributed by atoms with E-state index in [0.29, 0.717) is 36.1 Å². The number of nitrogens with zero attached hydrogens (tertiary/aromatic N) is 1. The van der Waals surface area contributed by atoms with Gasteiger partial charge in [0.2, 0.25) is 6.79 Å². The maximum absolute atomic E-state index is 12.7. The van der Waals surface area contributed by atoms with Crippen molar-refractivity contribution < 1.29 is 28.1 Å². The molecule has 7 nitrogen and oxygen atoms in total. The van der Waals surface area contributed by atoms with Crippen molar-refractivity contribution in [2.24, 2.45) is 4.99 Å². The van der Waals surface area contributed by atoms with Crippen LogP contribution in [0.4, 0.5) is 8.78 Å². The maximum Gasteiger partial charge on any atom is 0.387 e. The highest BCUT2D eigenvalue weighted by Crippen LogP contribution is 2.39. The van der Waals surface area contributed by atoms with Crippen LogP contribution in [0, 0.1) is 0 Å². The summed E-state index contributed by atoms with van der Waals surface area (Å²) in [5, 5.41) is 16.7. The van der Waals surface area contributed by atoms with Gasteiger partial charge in [-0.05, 0) is 25.8 Å². The van der Waals surface area contributed by atoms with Crippen molar-refractivity contribution in [3.05, 3.63) is 17.7 Å². The Morgan fingerprint density at radius 1 is 1.25 bits per heavy atom. The normalized spacial score (nSPS) is 17.4. The summed E-state index contributed by atoms with van der Waals surface area (Å²) in [5.41, 5.74) is -0.268. The van der Waals surface area contributed by atoms with Gasteiger partial charge in [0, 0.05) is 24.7 Å². The van der Waals surface area contributed by atoms with Gasteiger partial charge in [-0.25, -0.2) is 4.99 Å². The molecule has 1 heterocycles. The molecule has 0 aromatic heterocycles. The lowest BCUT2D eigenvalue weighted by molar-refractivity contribution is -0.0505. The van der Waals surface area contributed by atoms with E-state index >= 15 is 0 Å². The molecule has 28 heavy (non-hydrogen) atoms. The Hall–Kier alpha value is -1.56. The largest absolute Gasteiger partial charge is 0.454 e. The third-order valence-corrected chi connectivity index (χ3v) is 4.64. The van der Waals surface area contributed by atoms with Crippen molar-refractivity contribution in [1.82, 2.24) is 10.6 Å². The molecule has 10 heteroatoms. The number of halogens is 3. The second-order valence-electron chi connectivity index (χ2n) is 6.67. The van der Waals surface area contributed by atoms with Gasteiger partial charge in [-0.15, -0.1) is 24.0 Å². The monoisotopic (exact) mass is 513 g/mol. The van der Waals surface area contributed by atoms with E-state index in [9.17, 15) is 13.9 Å². The Labute approximate surface area is 179 Å². The number of alkyl halides is 2. The van der Waals surface area contributed by atoms with Crippen LogP contribution < -0.4 is 24.8 Å². The lowest BCUT2D eigenvalue weighted by Crippen LogP contribution is -2.46. The van der Waals surface area contributed by atoms with Crippen LogP contribution in [0.3, 0.4) is 0 Å². The molecule has 0 atom stereocenters. The van der Waals surface area contributed by atoms with Crippen LogP contribution >= 0.6 is 24.0 Å². The number of aliphatic imine (C=N–C) groups is 1. The molecule has 0 radical (unpaired) electrons. The van der Waals surface area contributed by atoms with Gasteiger partial charge >= 0.3 is 6.61 Å². The molecule has 1 aliphatic carbocycles. The molecule has 1 saturated carbocycles. The number of benzene rings is 1. The number of hydrogen-bond donors (Lipinski definition) is 3. The second-order valence-corrected chi connectivity index (χ2v) is 6.67. The molecule has 0 spiro atoms. The van der Waals surface area contributed by atoms with Crippen LogP contribution in [0.25, 0.3) is 0 Å². The lowest BCUT2D eigenvalue weighted by atomic mass is 10.0. The predicted octanol–water partition coefficient (Wildman–Crippen LogP) is 2.99. The smallest absolute Gasteiger partial charge is 0.387 e. The highest BCUT2D eigenvalue weighted by atomic mass is 127. The Kier molecular flexibility index (Phi) is 8.35. The first kappa shape index (κ1) is 22.7. The number of nitrogens with one attached hydrogen (secondary N) is 2. The SMILES string of the molecule is CCNC(=NCc1cc2c(cc1OC(F)F)OCO2)NCC1(O)CCCC1.I. The van der Waals surface area contributed by atoms with Gasteiger partial charge in [0.25, 0.3) is 0 Å². The molecule has 0 unspecified atom stereocenters. The third-order valence-electron chi connectivity index (χ3n) is 4.64. The minimum Gasteiger partial charge on any atom is -0.454 e. The van der Waals surface area contributed by atoms with Crippen LogP contribution in [0.15, 0.2) is 17.1 Å². The van der Waals surface area contributed by atoms with Crippen molar-refractivity contribution in [3.8, 4) is 17.2 Å². The molecule has 1 aromatic rings. The Morgan fingerprint density at radius 3 is 2.57 bits per heavy atom. The average molecular weight is 513 g/mol. The lowest BCUT2D eigenvalue weighted by Gasteiger charge is -2.23. The van der Waals surface area contributed by atoms with E-state index < -0.39 is 12.2 Å². The van der Waals surface area contributed by atoms with Crippen molar-refractivity contribution in [3.63, 3.8) is 0 Å². The summed E-state index contributed by atoms with van der Waals surface area (Å²) in [7, 11) is 0. The first-order valence-corrected chi connectivity index (χ1v) is 9.11. The number of aliphatic hydroxyl groups is 1. The zero-order chi connectivity index (χ0) is 19.3. The van der Waals surface area contributed by atoms with Gasteiger partial charge < -0.3 is 30.0 Å². The van der Waals surface area contributed by atoms with E-state index in [-0.39, 0.29) is 43.1 Å². The summed E-state index contributed by atoms with van der Waals surface area (Å²) < 4.78 is 40.6. The minimum atomic E-state index is -2.95. The number of rotatable bonds is 7. The van der Waals surface area contributed by atoms with Crippen LogP contribution in [0.5, 0.6) is 17.2 Å². The maximum atomic E-state index is 12.7. The van der Waals surface area contributed by atoms with Gasteiger partial charge in [0.05, 0.1) is 12.1 Å². The van der Waals surface area contributed by atoms with E-state index in [2.05, 4.69) is 20.4 Å². The van der Waals surface area contributed by atoms with Gasteiger partial charge in [0.1, 0.15) is 5.75 Å². The topological polar surface area (TPSA) is 84.3 Å². The van der Waals surface area contributed by atoms with E-state index in [4.69, 9.17) is 9.47 Å². The van der Waals surface area contributed by atoms with Crippen LogP contribution in [-0.4, -0.2) is 43.2 Å². The molecule has 3 N–H and O–H groups in total. The van der Waals surface area contributed by atoms with Crippen molar-refractivity contribution in [2.75, 3.05) is 19.9 Å². The molecule has 0 amide bonds.